The van der Waals surface area contributed by atoms with Crippen LogP contribution in [-0.2, 0) is 16.0 Å². The van der Waals surface area contributed by atoms with Gasteiger partial charge in [-0.15, -0.1) is 0 Å². The van der Waals surface area contributed by atoms with Gasteiger partial charge in [0.25, 0.3) is 0 Å². The van der Waals surface area contributed by atoms with E-state index >= 15 is 0 Å². The van der Waals surface area contributed by atoms with Crippen molar-refractivity contribution in [3.8, 4) is 0 Å². The molecule has 1 aliphatic rings. The number of aliphatic carboxylic acids is 1. The Balaban J connectivity index is 1.88. The van der Waals surface area contributed by atoms with Crippen molar-refractivity contribution in [2.45, 2.75) is 25.7 Å². The summed E-state index contributed by atoms with van der Waals surface area (Å²) in [6, 6.07) is 6.84. The zero-order valence-corrected chi connectivity index (χ0v) is 12.2. The van der Waals surface area contributed by atoms with Gasteiger partial charge in [-0.05, 0) is 36.5 Å². The van der Waals surface area contributed by atoms with Crippen molar-refractivity contribution in [1.29, 1.82) is 0 Å². The highest BCUT2D eigenvalue weighted by Crippen LogP contribution is 2.22. The van der Waals surface area contributed by atoms with Crippen molar-refractivity contribution >= 4 is 17.8 Å². The fourth-order valence-corrected chi connectivity index (χ4v) is 2.76. The van der Waals surface area contributed by atoms with Gasteiger partial charge in [0.15, 0.2) is 0 Å². The maximum absolute atomic E-state index is 11.9. The molecule has 1 saturated heterocycles. The van der Waals surface area contributed by atoms with E-state index in [4.69, 9.17) is 10.2 Å². The minimum absolute atomic E-state index is 0.0382. The maximum Gasteiger partial charge on any atom is 0.335 e. The lowest BCUT2D eigenvalue weighted by Crippen LogP contribution is -2.29. The first kappa shape index (κ1) is 16.0. The van der Waals surface area contributed by atoms with Crippen molar-refractivity contribution in [3.05, 3.63) is 35.4 Å². The van der Waals surface area contributed by atoms with Gasteiger partial charge in [-0.25, -0.2) is 4.79 Å². The van der Waals surface area contributed by atoms with Crippen LogP contribution in [0.2, 0.25) is 0 Å². The lowest BCUT2D eigenvalue weighted by Gasteiger charge is -2.16. The molecule has 1 fully saturated rings. The molecule has 1 aromatic carbocycles. The Morgan fingerprint density at radius 1 is 1.18 bits per heavy atom. The number of carboxylic acid groups (broad SMARTS) is 2. The molecule has 1 amide bonds. The molecule has 1 unspecified atom stereocenters. The average molecular weight is 305 g/mol. The molecular weight excluding hydrogens is 286 g/mol. The maximum atomic E-state index is 11.9. The van der Waals surface area contributed by atoms with Crippen LogP contribution in [0.4, 0.5) is 0 Å². The van der Waals surface area contributed by atoms with E-state index in [0.717, 1.165) is 18.4 Å². The number of rotatable bonds is 6. The Labute approximate surface area is 128 Å². The molecule has 0 radical (unpaired) electrons. The Hall–Kier alpha value is -2.37. The standard InChI is InChI=1S/C16H19NO5/c18-14(4-5-15(19)20)17-7-6-12(10-17)8-11-2-1-3-13(9-11)16(21)22/h1-3,9,12H,4-8,10H2,(H,19,20)(H,21,22). The van der Waals surface area contributed by atoms with Crippen LogP contribution in [0.3, 0.4) is 0 Å². The van der Waals surface area contributed by atoms with Crippen molar-refractivity contribution < 1.29 is 24.6 Å². The molecule has 6 nitrogen and oxygen atoms in total. The fourth-order valence-electron chi connectivity index (χ4n) is 2.76. The summed E-state index contributed by atoms with van der Waals surface area (Å²) in [5.41, 5.74) is 1.22. The zero-order valence-electron chi connectivity index (χ0n) is 12.2. The number of hydrogen-bond donors (Lipinski definition) is 2. The first-order chi connectivity index (χ1) is 10.5. The van der Waals surface area contributed by atoms with E-state index in [0.29, 0.717) is 13.1 Å². The van der Waals surface area contributed by atoms with Crippen LogP contribution in [0.5, 0.6) is 0 Å². The smallest absolute Gasteiger partial charge is 0.335 e. The summed E-state index contributed by atoms with van der Waals surface area (Å²) in [6.07, 6.45) is 1.48. The van der Waals surface area contributed by atoms with E-state index < -0.39 is 11.9 Å². The van der Waals surface area contributed by atoms with Gasteiger partial charge in [0, 0.05) is 19.5 Å². The van der Waals surface area contributed by atoms with Crippen LogP contribution >= 0.6 is 0 Å². The second kappa shape index (κ2) is 7.06. The van der Waals surface area contributed by atoms with Gasteiger partial charge in [-0.3, -0.25) is 9.59 Å². The number of aromatic carboxylic acids is 1. The third kappa shape index (κ3) is 4.31. The van der Waals surface area contributed by atoms with Crippen LogP contribution in [-0.4, -0.2) is 46.0 Å². The van der Waals surface area contributed by atoms with Crippen LogP contribution in [0.15, 0.2) is 24.3 Å². The van der Waals surface area contributed by atoms with Crippen LogP contribution in [0.1, 0.15) is 35.2 Å². The molecule has 0 saturated carbocycles. The monoisotopic (exact) mass is 305 g/mol. The predicted molar refractivity (Wildman–Crippen MR) is 78.7 cm³/mol. The Kier molecular flexibility index (Phi) is 5.14. The molecule has 22 heavy (non-hydrogen) atoms. The molecular formula is C16H19NO5. The molecule has 0 aromatic heterocycles. The van der Waals surface area contributed by atoms with Gasteiger partial charge in [-0.2, -0.15) is 0 Å². The Bertz CT molecular complexity index is 584. The normalized spacial score (nSPS) is 17.5. The van der Waals surface area contributed by atoms with Crippen LogP contribution in [0.25, 0.3) is 0 Å². The third-order valence-electron chi connectivity index (χ3n) is 3.89. The molecule has 1 aromatic rings. The van der Waals surface area contributed by atoms with E-state index in [9.17, 15) is 14.4 Å². The second-order valence-electron chi connectivity index (χ2n) is 5.60. The largest absolute Gasteiger partial charge is 0.481 e. The molecule has 6 heteroatoms. The lowest BCUT2D eigenvalue weighted by atomic mass is 9.97. The lowest BCUT2D eigenvalue weighted by molar-refractivity contribution is -0.140. The summed E-state index contributed by atoms with van der Waals surface area (Å²) in [5.74, 6) is -1.74. The number of nitrogens with zero attached hydrogens (tertiary/aromatic N) is 1. The summed E-state index contributed by atoms with van der Waals surface area (Å²) in [4.78, 5) is 35.0. The molecule has 1 heterocycles. The van der Waals surface area contributed by atoms with Crippen molar-refractivity contribution in [2.24, 2.45) is 5.92 Å². The number of benzene rings is 1. The highest BCUT2D eigenvalue weighted by molar-refractivity contribution is 5.87. The minimum atomic E-state index is -0.963. The number of carbonyl (C=O) groups excluding carboxylic acids is 1. The van der Waals surface area contributed by atoms with E-state index in [1.54, 1.807) is 23.1 Å². The molecule has 1 atom stereocenters. The second-order valence-corrected chi connectivity index (χ2v) is 5.60. The number of amides is 1. The van der Waals surface area contributed by atoms with Gasteiger partial charge >= 0.3 is 11.9 Å². The number of likely N-dealkylation sites (tertiary alicyclic amines) is 1. The molecule has 0 bridgehead atoms. The van der Waals surface area contributed by atoms with Crippen molar-refractivity contribution in [2.75, 3.05) is 13.1 Å². The van der Waals surface area contributed by atoms with Gasteiger partial charge in [0.2, 0.25) is 5.91 Å². The molecule has 0 aliphatic carbocycles. The fraction of sp³-hybridized carbons (Fsp3) is 0.438. The highest BCUT2D eigenvalue weighted by atomic mass is 16.4. The summed E-state index contributed by atoms with van der Waals surface area (Å²) >= 11 is 0. The van der Waals surface area contributed by atoms with E-state index in [-0.39, 0.29) is 30.2 Å². The Morgan fingerprint density at radius 3 is 2.64 bits per heavy atom. The molecule has 2 N–H and O–H groups in total. The quantitative estimate of drug-likeness (QED) is 0.833. The van der Waals surface area contributed by atoms with Gasteiger partial charge in [0.1, 0.15) is 0 Å². The number of carboxylic acids is 2. The number of carbonyl (C=O) groups is 3. The van der Waals surface area contributed by atoms with Crippen molar-refractivity contribution in [3.63, 3.8) is 0 Å². The van der Waals surface area contributed by atoms with E-state index in [1.165, 1.54) is 0 Å². The summed E-state index contributed by atoms with van der Waals surface area (Å²) in [6.45, 7) is 1.25. The SMILES string of the molecule is O=C(O)CCC(=O)N1CCC(Cc2cccc(C(=O)O)c2)C1. The molecule has 1 aliphatic heterocycles. The van der Waals surface area contributed by atoms with Gasteiger partial charge in [-0.1, -0.05) is 12.1 Å². The summed E-state index contributed by atoms with van der Waals surface area (Å²) < 4.78 is 0. The first-order valence-electron chi connectivity index (χ1n) is 7.27. The minimum Gasteiger partial charge on any atom is -0.481 e. The van der Waals surface area contributed by atoms with Crippen LogP contribution in [0, 0.1) is 5.92 Å². The van der Waals surface area contributed by atoms with E-state index in [2.05, 4.69) is 0 Å². The average Bonchev–Trinajstić information content (AvgIpc) is 2.93. The van der Waals surface area contributed by atoms with Gasteiger partial charge in [0.05, 0.1) is 12.0 Å². The predicted octanol–water partition coefficient (Wildman–Crippen LogP) is 1.64. The van der Waals surface area contributed by atoms with Gasteiger partial charge < -0.3 is 15.1 Å². The third-order valence-corrected chi connectivity index (χ3v) is 3.89. The van der Waals surface area contributed by atoms with Crippen LogP contribution < -0.4 is 0 Å². The molecule has 2 rings (SSSR count). The number of hydrogen-bond acceptors (Lipinski definition) is 3. The molecule has 118 valence electrons. The topological polar surface area (TPSA) is 94.9 Å². The first-order valence-corrected chi connectivity index (χ1v) is 7.27. The zero-order chi connectivity index (χ0) is 16.1. The van der Waals surface area contributed by atoms with Crippen molar-refractivity contribution in [1.82, 2.24) is 4.90 Å². The summed E-state index contributed by atoms with van der Waals surface area (Å²) in [5, 5.41) is 17.6. The van der Waals surface area contributed by atoms with E-state index in [1.807, 2.05) is 6.07 Å². The summed E-state index contributed by atoms with van der Waals surface area (Å²) in [7, 11) is 0. The highest BCUT2D eigenvalue weighted by Gasteiger charge is 2.26. The Morgan fingerprint density at radius 2 is 1.95 bits per heavy atom. The molecule has 0 spiro atoms.